The number of hydrogen-bond acceptors (Lipinski definition) is 2. The van der Waals surface area contributed by atoms with Crippen LogP contribution in [0.2, 0.25) is 0 Å². The van der Waals surface area contributed by atoms with Gasteiger partial charge in [-0.25, -0.2) is 0 Å². The van der Waals surface area contributed by atoms with Crippen LogP contribution in [0.25, 0.3) is 0 Å². The second-order valence-electron chi connectivity index (χ2n) is 6.83. The Morgan fingerprint density at radius 2 is 2.04 bits per heavy atom. The van der Waals surface area contributed by atoms with Gasteiger partial charge in [-0.15, -0.1) is 0 Å². The monoisotopic (exact) mass is 340 g/mol. The van der Waals surface area contributed by atoms with Crippen molar-refractivity contribution in [2.45, 2.75) is 32.9 Å². The third kappa shape index (κ3) is 5.28. The van der Waals surface area contributed by atoms with Crippen molar-refractivity contribution in [1.82, 2.24) is 15.2 Å². The smallest absolute Gasteiger partial charge is 0.191 e. The van der Waals surface area contributed by atoms with Crippen molar-refractivity contribution < 1.29 is 4.74 Å². The number of nitrogens with one attached hydrogen (secondary N) is 2. The first-order valence-corrected chi connectivity index (χ1v) is 8.91. The predicted molar refractivity (Wildman–Crippen MR) is 102 cm³/mol. The number of benzene rings is 1. The van der Waals surface area contributed by atoms with Gasteiger partial charge in [0.2, 0.25) is 0 Å². The summed E-state index contributed by atoms with van der Waals surface area (Å²) < 4.78 is 8.08. The van der Waals surface area contributed by atoms with Gasteiger partial charge in [-0.2, -0.15) is 0 Å². The summed E-state index contributed by atoms with van der Waals surface area (Å²) in [5.74, 6) is 2.53. The molecule has 2 N–H and O–H groups in total. The molecular weight excluding hydrogens is 312 g/mol. The van der Waals surface area contributed by atoms with Crippen molar-refractivity contribution in [3.05, 3.63) is 53.3 Å². The van der Waals surface area contributed by atoms with Crippen LogP contribution in [-0.2, 0) is 20.1 Å². The molecular formula is C20H28N4O. The number of ether oxygens (including phenoxy) is 1. The summed E-state index contributed by atoms with van der Waals surface area (Å²) >= 11 is 0. The Hall–Kier alpha value is -2.43. The van der Waals surface area contributed by atoms with Crippen LogP contribution >= 0.6 is 0 Å². The van der Waals surface area contributed by atoms with E-state index in [1.807, 2.05) is 17.8 Å². The Labute approximate surface area is 150 Å². The molecule has 3 rings (SSSR count). The fourth-order valence-corrected chi connectivity index (χ4v) is 2.69. The lowest BCUT2D eigenvalue weighted by atomic mass is 10.1. The number of aromatic nitrogens is 1. The predicted octanol–water partition coefficient (Wildman–Crippen LogP) is 2.99. The molecule has 2 aromatic rings. The van der Waals surface area contributed by atoms with Gasteiger partial charge >= 0.3 is 0 Å². The zero-order valence-corrected chi connectivity index (χ0v) is 15.4. The lowest BCUT2D eigenvalue weighted by Gasteiger charge is -2.15. The highest BCUT2D eigenvalue weighted by Gasteiger charge is 2.22. The third-order valence-corrected chi connectivity index (χ3v) is 4.42. The van der Waals surface area contributed by atoms with Crippen LogP contribution < -0.4 is 15.4 Å². The van der Waals surface area contributed by atoms with E-state index in [-0.39, 0.29) is 0 Å². The van der Waals surface area contributed by atoms with E-state index in [0.717, 1.165) is 36.3 Å². The minimum Gasteiger partial charge on any atom is -0.493 e. The standard InChI is InChI=1S/C20H28N4O/c1-15-4-7-18(19(10-15)25-14-16-5-6-16)12-23-20(21-2)22-11-17-8-9-24(3)13-17/h4,7-10,13,16H,5-6,11-12,14H2,1-3H3,(H2,21,22,23). The maximum atomic E-state index is 6.04. The number of nitrogens with zero attached hydrogens (tertiary/aromatic N) is 2. The van der Waals surface area contributed by atoms with E-state index in [0.29, 0.717) is 6.54 Å². The van der Waals surface area contributed by atoms with Crippen LogP contribution in [0.15, 0.2) is 41.7 Å². The summed E-state index contributed by atoms with van der Waals surface area (Å²) in [6.45, 7) is 4.37. The molecule has 1 aliphatic carbocycles. The lowest BCUT2D eigenvalue weighted by molar-refractivity contribution is 0.296. The topological polar surface area (TPSA) is 50.6 Å². The van der Waals surface area contributed by atoms with Gasteiger partial charge in [0.1, 0.15) is 5.75 Å². The molecule has 0 saturated heterocycles. The average Bonchev–Trinajstić information content (AvgIpc) is 3.35. The highest BCUT2D eigenvalue weighted by atomic mass is 16.5. The van der Waals surface area contributed by atoms with Gasteiger partial charge in [0.25, 0.3) is 0 Å². The van der Waals surface area contributed by atoms with Crippen LogP contribution in [0.3, 0.4) is 0 Å². The first-order chi connectivity index (χ1) is 12.1. The quantitative estimate of drug-likeness (QED) is 0.602. The lowest BCUT2D eigenvalue weighted by Crippen LogP contribution is -2.36. The molecule has 0 aliphatic heterocycles. The molecule has 1 heterocycles. The van der Waals surface area contributed by atoms with Crippen molar-refractivity contribution in [3.8, 4) is 5.75 Å². The van der Waals surface area contributed by atoms with Crippen LogP contribution in [0, 0.1) is 12.8 Å². The first-order valence-electron chi connectivity index (χ1n) is 8.91. The normalized spacial score (nSPS) is 14.4. The molecule has 0 atom stereocenters. The van der Waals surface area contributed by atoms with Gasteiger partial charge in [0, 0.05) is 45.1 Å². The van der Waals surface area contributed by atoms with Crippen molar-refractivity contribution in [2.24, 2.45) is 18.0 Å². The van der Waals surface area contributed by atoms with Gasteiger partial charge in [-0.3, -0.25) is 4.99 Å². The van der Waals surface area contributed by atoms with Crippen LogP contribution in [0.5, 0.6) is 5.75 Å². The van der Waals surface area contributed by atoms with Gasteiger partial charge in [-0.05, 0) is 48.9 Å². The number of aryl methyl sites for hydroxylation is 2. The van der Waals surface area contributed by atoms with Crippen molar-refractivity contribution >= 4 is 5.96 Å². The fourth-order valence-electron chi connectivity index (χ4n) is 2.69. The molecule has 1 aromatic carbocycles. The minimum atomic E-state index is 0.689. The van der Waals surface area contributed by atoms with E-state index < -0.39 is 0 Å². The maximum absolute atomic E-state index is 6.04. The Morgan fingerprint density at radius 3 is 2.72 bits per heavy atom. The Bertz CT molecular complexity index is 731. The summed E-state index contributed by atoms with van der Waals surface area (Å²) in [4.78, 5) is 4.30. The van der Waals surface area contributed by atoms with Crippen molar-refractivity contribution in [3.63, 3.8) is 0 Å². The molecule has 1 aromatic heterocycles. The highest BCUT2D eigenvalue weighted by molar-refractivity contribution is 5.79. The SMILES string of the molecule is CN=C(NCc1ccn(C)c1)NCc1ccc(C)cc1OCC1CC1. The molecule has 134 valence electrons. The third-order valence-electron chi connectivity index (χ3n) is 4.42. The number of guanidine groups is 1. The molecule has 0 spiro atoms. The molecule has 5 heteroatoms. The Morgan fingerprint density at radius 1 is 1.24 bits per heavy atom. The van der Waals surface area contributed by atoms with Crippen molar-refractivity contribution in [2.75, 3.05) is 13.7 Å². The van der Waals surface area contributed by atoms with Crippen LogP contribution in [0.1, 0.15) is 29.5 Å². The molecule has 5 nitrogen and oxygen atoms in total. The van der Waals surface area contributed by atoms with E-state index in [1.165, 1.54) is 24.0 Å². The van der Waals surface area contributed by atoms with E-state index >= 15 is 0 Å². The second-order valence-corrected chi connectivity index (χ2v) is 6.83. The number of hydrogen-bond donors (Lipinski definition) is 2. The van der Waals surface area contributed by atoms with Gasteiger partial charge < -0.3 is 19.9 Å². The van der Waals surface area contributed by atoms with Gasteiger partial charge in [0.15, 0.2) is 5.96 Å². The molecule has 0 unspecified atom stereocenters. The molecule has 25 heavy (non-hydrogen) atoms. The summed E-state index contributed by atoms with van der Waals surface area (Å²) in [6.07, 6.45) is 6.75. The van der Waals surface area contributed by atoms with E-state index in [4.69, 9.17) is 4.74 Å². The molecule has 1 saturated carbocycles. The zero-order chi connectivity index (χ0) is 17.6. The molecule has 1 aliphatic rings. The molecule has 0 radical (unpaired) electrons. The van der Waals surface area contributed by atoms with Crippen molar-refractivity contribution in [1.29, 1.82) is 0 Å². The Balaban J connectivity index is 1.55. The van der Waals surface area contributed by atoms with E-state index in [1.54, 1.807) is 7.05 Å². The summed E-state index contributed by atoms with van der Waals surface area (Å²) in [5, 5.41) is 6.72. The Kier molecular flexibility index (Phi) is 5.64. The highest BCUT2D eigenvalue weighted by Crippen LogP contribution is 2.30. The number of aliphatic imine (C=N–C) groups is 1. The molecule has 1 fully saturated rings. The van der Waals surface area contributed by atoms with E-state index in [9.17, 15) is 0 Å². The fraction of sp³-hybridized carbons (Fsp3) is 0.450. The number of rotatable bonds is 7. The zero-order valence-electron chi connectivity index (χ0n) is 15.4. The summed E-state index contributed by atoms with van der Waals surface area (Å²) in [6, 6.07) is 8.49. The minimum absolute atomic E-state index is 0.689. The molecule has 0 bridgehead atoms. The molecule has 0 amide bonds. The van der Waals surface area contributed by atoms with Gasteiger partial charge in [-0.1, -0.05) is 12.1 Å². The second kappa shape index (κ2) is 8.10. The van der Waals surface area contributed by atoms with Crippen LogP contribution in [-0.4, -0.2) is 24.2 Å². The van der Waals surface area contributed by atoms with Crippen LogP contribution in [0.4, 0.5) is 0 Å². The first kappa shape index (κ1) is 17.4. The summed E-state index contributed by atoms with van der Waals surface area (Å²) in [7, 11) is 3.82. The maximum Gasteiger partial charge on any atom is 0.191 e. The van der Waals surface area contributed by atoms with Gasteiger partial charge in [0.05, 0.1) is 6.61 Å². The largest absolute Gasteiger partial charge is 0.493 e. The summed E-state index contributed by atoms with van der Waals surface area (Å²) in [5.41, 5.74) is 3.62. The van der Waals surface area contributed by atoms with E-state index in [2.05, 4.69) is 53.0 Å². The average molecular weight is 340 g/mol.